The summed E-state index contributed by atoms with van der Waals surface area (Å²) in [6.07, 6.45) is -1.34. The van der Waals surface area contributed by atoms with Crippen LogP contribution in [0.15, 0.2) is 0 Å². The van der Waals surface area contributed by atoms with Gasteiger partial charge in [-0.25, -0.2) is 13.2 Å². The highest BCUT2D eigenvalue weighted by molar-refractivity contribution is 5.30. The van der Waals surface area contributed by atoms with Crippen LogP contribution in [-0.4, -0.2) is 6.10 Å². The molecule has 0 aromatic heterocycles. The van der Waals surface area contributed by atoms with E-state index < -0.39 is 40.9 Å². The van der Waals surface area contributed by atoms with Gasteiger partial charge < -0.3 is 4.74 Å². The Hall–Kier alpha value is -1.84. The Balaban J connectivity index is 3.35. The zero-order valence-electron chi connectivity index (χ0n) is 7.82. The molecule has 1 aromatic carbocycles. The van der Waals surface area contributed by atoms with Crippen molar-refractivity contribution < 1.29 is 26.7 Å². The van der Waals surface area contributed by atoms with E-state index in [-0.39, 0.29) is 0 Å². The molecule has 0 radical (unpaired) electrons. The number of hydrogen-bond acceptors (Lipinski definition) is 2. The first-order valence-corrected chi connectivity index (χ1v) is 3.97. The first-order valence-electron chi connectivity index (χ1n) is 3.97. The van der Waals surface area contributed by atoms with Gasteiger partial charge in [-0.05, 0) is 6.92 Å². The predicted molar refractivity (Wildman–Crippen MR) is 41.9 cm³/mol. The fourth-order valence-corrected chi connectivity index (χ4v) is 0.891. The Morgan fingerprint density at radius 2 is 1.31 bits per heavy atom. The van der Waals surface area contributed by atoms with E-state index in [1.807, 2.05) is 0 Å². The standard InChI is InChI=1S/C9H4F5NO/c1-3(2-15)16-9-7(13)5(11)4(10)6(12)8(9)14/h3H,1H3. The predicted octanol–water partition coefficient (Wildman–Crippen LogP) is 2.67. The fourth-order valence-electron chi connectivity index (χ4n) is 0.891. The molecular formula is C9H4F5NO. The summed E-state index contributed by atoms with van der Waals surface area (Å²) >= 11 is 0. The lowest BCUT2D eigenvalue weighted by atomic mass is 10.2. The highest BCUT2D eigenvalue weighted by Crippen LogP contribution is 2.29. The van der Waals surface area contributed by atoms with E-state index in [4.69, 9.17) is 5.26 Å². The Morgan fingerprint density at radius 1 is 0.938 bits per heavy atom. The molecule has 1 atom stereocenters. The van der Waals surface area contributed by atoms with E-state index in [0.29, 0.717) is 0 Å². The van der Waals surface area contributed by atoms with Crippen molar-refractivity contribution in [2.45, 2.75) is 13.0 Å². The summed E-state index contributed by atoms with van der Waals surface area (Å²) in [5, 5.41) is 8.29. The van der Waals surface area contributed by atoms with Gasteiger partial charge in [0.25, 0.3) is 0 Å². The Labute approximate surface area is 86.9 Å². The maximum Gasteiger partial charge on any atom is 0.207 e. The maximum absolute atomic E-state index is 12.9. The number of hydrogen-bond donors (Lipinski definition) is 0. The number of ether oxygens (including phenoxy) is 1. The Bertz CT molecular complexity index is 439. The van der Waals surface area contributed by atoms with Gasteiger partial charge >= 0.3 is 0 Å². The fraction of sp³-hybridized carbons (Fsp3) is 0.222. The summed E-state index contributed by atoms with van der Waals surface area (Å²) in [4.78, 5) is 0. The largest absolute Gasteiger partial charge is 0.469 e. The smallest absolute Gasteiger partial charge is 0.207 e. The number of halogens is 5. The van der Waals surface area contributed by atoms with Crippen LogP contribution in [0.5, 0.6) is 5.75 Å². The number of nitrogens with zero attached hydrogens (tertiary/aromatic N) is 1. The molecule has 16 heavy (non-hydrogen) atoms. The summed E-state index contributed by atoms with van der Waals surface area (Å²) < 4.78 is 68.0. The molecule has 0 spiro atoms. The van der Waals surface area contributed by atoms with E-state index >= 15 is 0 Å². The quantitative estimate of drug-likeness (QED) is 0.450. The van der Waals surface area contributed by atoms with Crippen LogP contribution < -0.4 is 4.74 Å². The minimum Gasteiger partial charge on any atom is -0.469 e. The molecule has 7 heteroatoms. The van der Waals surface area contributed by atoms with Crippen LogP contribution in [0.25, 0.3) is 0 Å². The van der Waals surface area contributed by atoms with Gasteiger partial charge in [-0.2, -0.15) is 14.0 Å². The average molecular weight is 237 g/mol. The summed E-state index contributed by atoms with van der Waals surface area (Å²) in [5.74, 6) is -12.1. The molecule has 1 rings (SSSR count). The van der Waals surface area contributed by atoms with Gasteiger partial charge in [-0.1, -0.05) is 0 Å². The summed E-state index contributed by atoms with van der Waals surface area (Å²) in [5.41, 5.74) is 0. The highest BCUT2D eigenvalue weighted by Gasteiger charge is 2.27. The summed E-state index contributed by atoms with van der Waals surface area (Å²) in [7, 11) is 0. The van der Waals surface area contributed by atoms with Crippen LogP contribution in [0, 0.1) is 40.4 Å². The van der Waals surface area contributed by atoms with Crippen molar-refractivity contribution in [2.75, 3.05) is 0 Å². The van der Waals surface area contributed by atoms with E-state index in [2.05, 4.69) is 4.74 Å². The third kappa shape index (κ3) is 1.91. The van der Waals surface area contributed by atoms with Crippen molar-refractivity contribution in [2.24, 2.45) is 0 Å². The Kier molecular flexibility index (Phi) is 3.32. The molecule has 0 aliphatic rings. The monoisotopic (exact) mass is 237 g/mol. The molecular weight excluding hydrogens is 233 g/mol. The zero-order chi connectivity index (χ0) is 12.5. The molecule has 2 nitrogen and oxygen atoms in total. The minimum atomic E-state index is -2.27. The van der Waals surface area contributed by atoms with E-state index in [1.165, 1.54) is 6.07 Å². The number of nitriles is 1. The summed E-state index contributed by atoms with van der Waals surface area (Å²) in [6.45, 7) is 1.10. The highest BCUT2D eigenvalue weighted by atomic mass is 19.2. The lowest BCUT2D eigenvalue weighted by Crippen LogP contribution is -2.13. The molecule has 0 saturated heterocycles. The second-order valence-corrected chi connectivity index (χ2v) is 2.79. The van der Waals surface area contributed by atoms with Gasteiger partial charge in [0.2, 0.25) is 29.1 Å². The molecule has 0 bridgehead atoms. The van der Waals surface area contributed by atoms with Crippen LogP contribution in [0.3, 0.4) is 0 Å². The lowest BCUT2D eigenvalue weighted by molar-refractivity contribution is 0.233. The van der Waals surface area contributed by atoms with Crippen LogP contribution in [-0.2, 0) is 0 Å². The van der Waals surface area contributed by atoms with Gasteiger partial charge in [0, 0.05) is 0 Å². The van der Waals surface area contributed by atoms with Crippen LogP contribution in [0.1, 0.15) is 6.92 Å². The molecule has 0 aliphatic carbocycles. The second kappa shape index (κ2) is 4.35. The molecule has 0 N–H and O–H groups in total. The molecule has 0 aliphatic heterocycles. The third-order valence-electron chi connectivity index (χ3n) is 1.65. The van der Waals surface area contributed by atoms with E-state index in [9.17, 15) is 22.0 Å². The minimum absolute atomic E-state index is 1.10. The van der Waals surface area contributed by atoms with Crippen molar-refractivity contribution in [1.29, 1.82) is 5.26 Å². The maximum atomic E-state index is 12.9. The van der Waals surface area contributed by atoms with Crippen molar-refractivity contribution in [3.8, 4) is 11.8 Å². The van der Waals surface area contributed by atoms with Gasteiger partial charge in [0.05, 0.1) is 0 Å². The van der Waals surface area contributed by atoms with Crippen LogP contribution in [0.4, 0.5) is 22.0 Å². The van der Waals surface area contributed by atoms with Gasteiger partial charge in [-0.15, -0.1) is 0 Å². The molecule has 0 saturated carbocycles. The van der Waals surface area contributed by atoms with Crippen molar-refractivity contribution >= 4 is 0 Å². The lowest BCUT2D eigenvalue weighted by Gasteiger charge is -2.10. The van der Waals surface area contributed by atoms with Crippen LogP contribution in [0.2, 0.25) is 0 Å². The zero-order valence-corrected chi connectivity index (χ0v) is 7.82. The second-order valence-electron chi connectivity index (χ2n) is 2.79. The van der Waals surface area contributed by atoms with Gasteiger partial charge in [0.15, 0.2) is 11.9 Å². The molecule has 0 fully saturated rings. The first-order chi connectivity index (χ1) is 7.40. The first kappa shape index (κ1) is 12.2. The number of benzene rings is 1. The molecule has 0 amide bonds. The van der Waals surface area contributed by atoms with Crippen molar-refractivity contribution in [3.05, 3.63) is 29.1 Å². The van der Waals surface area contributed by atoms with E-state index in [0.717, 1.165) is 6.92 Å². The van der Waals surface area contributed by atoms with Crippen LogP contribution >= 0.6 is 0 Å². The van der Waals surface area contributed by atoms with Crippen molar-refractivity contribution in [3.63, 3.8) is 0 Å². The third-order valence-corrected chi connectivity index (χ3v) is 1.65. The molecule has 86 valence electrons. The van der Waals surface area contributed by atoms with Gasteiger partial charge in [-0.3, -0.25) is 0 Å². The molecule has 1 aromatic rings. The topological polar surface area (TPSA) is 33.0 Å². The average Bonchev–Trinajstić information content (AvgIpc) is 2.29. The van der Waals surface area contributed by atoms with Gasteiger partial charge in [0.1, 0.15) is 6.07 Å². The van der Waals surface area contributed by atoms with Crippen molar-refractivity contribution in [1.82, 2.24) is 0 Å². The normalized spacial score (nSPS) is 12.1. The SMILES string of the molecule is CC(C#N)Oc1c(F)c(F)c(F)c(F)c1F. The molecule has 0 heterocycles. The van der Waals surface area contributed by atoms with E-state index in [1.54, 1.807) is 0 Å². The Morgan fingerprint density at radius 3 is 1.69 bits per heavy atom. The molecule has 1 unspecified atom stereocenters. The number of rotatable bonds is 2. The summed E-state index contributed by atoms with van der Waals surface area (Å²) in [6, 6.07) is 1.43.